The van der Waals surface area contributed by atoms with Crippen LogP contribution < -0.4 is 5.32 Å². The standard InChI is InChI=1S/C15H18N6O/c1-11-9-12(2)21(19-11)10-15(22)16-7-6-14-18-17-13-5-3-4-8-20(13)14/h3-5,8-9H,6-7,10H2,1-2H3,(H,16,22). The van der Waals surface area contributed by atoms with Crippen molar-refractivity contribution < 1.29 is 4.79 Å². The van der Waals surface area contributed by atoms with Gasteiger partial charge >= 0.3 is 0 Å². The summed E-state index contributed by atoms with van der Waals surface area (Å²) in [6.45, 7) is 4.61. The number of rotatable bonds is 5. The predicted octanol–water partition coefficient (Wildman–Crippen LogP) is 0.902. The lowest BCUT2D eigenvalue weighted by Gasteiger charge is -2.06. The highest BCUT2D eigenvalue weighted by Gasteiger charge is 2.08. The molecule has 1 N–H and O–H groups in total. The number of amides is 1. The first-order valence-corrected chi connectivity index (χ1v) is 7.20. The third-order valence-corrected chi connectivity index (χ3v) is 3.45. The summed E-state index contributed by atoms with van der Waals surface area (Å²) in [6, 6.07) is 7.71. The Kier molecular flexibility index (Phi) is 3.86. The van der Waals surface area contributed by atoms with Gasteiger partial charge in [-0.15, -0.1) is 10.2 Å². The number of nitrogens with one attached hydrogen (secondary N) is 1. The molecule has 0 radical (unpaired) electrons. The van der Waals surface area contributed by atoms with Crippen molar-refractivity contribution in [3.8, 4) is 0 Å². The average Bonchev–Trinajstić information content (AvgIpc) is 3.03. The van der Waals surface area contributed by atoms with Gasteiger partial charge in [0.15, 0.2) is 5.65 Å². The van der Waals surface area contributed by atoms with Crippen LogP contribution in [0, 0.1) is 13.8 Å². The van der Waals surface area contributed by atoms with Gasteiger partial charge in [0.25, 0.3) is 0 Å². The maximum absolute atomic E-state index is 12.0. The second-order valence-corrected chi connectivity index (χ2v) is 5.23. The maximum atomic E-state index is 12.0. The van der Waals surface area contributed by atoms with E-state index in [0.717, 1.165) is 22.9 Å². The van der Waals surface area contributed by atoms with E-state index in [1.54, 1.807) is 4.68 Å². The van der Waals surface area contributed by atoms with Crippen LogP contribution in [-0.2, 0) is 17.8 Å². The smallest absolute Gasteiger partial charge is 0.241 e. The van der Waals surface area contributed by atoms with Crippen molar-refractivity contribution in [3.63, 3.8) is 0 Å². The molecule has 3 aromatic rings. The van der Waals surface area contributed by atoms with Gasteiger partial charge in [0.2, 0.25) is 5.91 Å². The Balaban J connectivity index is 1.54. The molecule has 3 rings (SSSR count). The fraction of sp³-hybridized carbons (Fsp3) is 0.333. The molecule has 0 unspecified atom stereocenters. The molecule has 3 heterocycles. The van der Waals surface area contributed by atoms with E-state index in [0.29, 0.717) is 13.0 Å². The molecule has 1 amide bonds. The molecule has 22 heavy (non-hydrogen) atoms. The third kappa shape index (κ3) is 2.98. The summed E-state index contributed by atoms with van der Waals surface area (Å²) >= 11 is 0. The van der Waals surface area contributed by atoms with Gasteiger partial charge in [-0.2, -0.15) is 5.10 Å². The van der Waals surface area contributed by atoms with Gasteiger partial charge in [0.05, 0.1) is 5.69 Å². The van der Waals surface area contributed by atoms with Crippen LogP contribution in [0.15, 0.2) is 30.5 Å². The number of carbonyl (C=O) groups excluding carboxylic acids is 1. The van der Waals surface area contributed by atoms with Gasteiger partial charge in [-0.1, -0.05) is 6.07 Å². The van der Waals surface area contributed by atoms with E-state index in [-0.39, 0.29) is 12.5 Å². The highest BCUT2D eigenvalue weighted by Crippen LogP contribution is 2.03. The van der Waals surface area contributed by atoms with Crippen LogP contribution in [-0.4, -0.2) is 36.8 Å². The Morgan fingerprint density at radius 1 is 1.27 bits per heavy atom. The Morgan fingerprint density at radius 2 is 2.14 bits per heavy atom. The second-order valence-electron chi connectivity index (χ2n) is 5.23. The molecule has 0 spiro atoms. The van der Waals surface area contributed by atoms with Crippen molar-refractivity contribution in [2.45, 2.75) is 26.8 Å². The Hall–Kier alpha value is -2.70. The quantitative estimate of drug-likeness (QED) is 0.759. The van der Waals surface area contributed by atoms with Gasteiger partial charge in [-0.25, -0.2) is 0 Å². The summed E-state index contributed by atoms with van der Waals surface area (Å²) in [5, 5.41) is 15.4. The lowest BCUT2D eigenvalue weighted by Crippen LogP contribution is -2.30. The molecule has 0 saturated heterocycles. The van der Waals surface area contributed by atoms with E-state index in [4.69, 9.17) is 0 Å². The zero-order chi connectivity index (χ0) is 15.5. The summed E-state index contributed by atoms with van der Waals surface area (Å²) in [5.74, 6) is 0.780. The summed E-state index contributed by atoms with van der Waals surface area (Å²) in [7, 11) is 0. The number of carbonyl (C=O) groups is 1. The number of pyridine rings is 1. The zero-order valence-corrected chi connectivity index (χ0v) is 12.7. The zero-order valence-electron chi connectivity index (χ0n) is 12.7. The molecule has 0 bridgehead atoms. The van der Waals surface area contributed by atoms with E-state index in [2.05, 4.69) is 20.6 Å². The van der Waals surface area contributed by atoms with E-state index in [1.165, 1.54) is 0 Å². The minimum atomic E-state index is -0.0555. The third-order valence-electron chi connectivity index (χ3n) is 3.45. The molecule has 7 nitrogen and oxygen atoms in total. The summed E-state index contributed by atoms with van der Waals surface area (Å²) < 4.78 is 3.63. The van der Waals surface area contributed by atoms with Crippen molar-refractivity contribution in [2.24, 2.45) is 0 Å². The monoisotopic (exact) mass is 298 g/mol. The number of aromatic nitrogens is 5. The molecular formula is C15H18N6O. The van der Waals surface area contributed by atoms with Crippen molar-refractivity contribution in [2.75, 3.05) is 6.54 Å². The number of nitrogens with zero attached hydrogens (tertiary/aromatic N) is 5. The Morgan fingerprint density at radius 3 is 2.91 bits per heavy atom. The average molecular weight is 298 g/mol. The fourth-order valence-electron chi connectivity index (χ4n) is 2.40. The SMILES string of the molecule is Cc1cc(C)n(CC(=O)NCCc2nnc3ccccn23)n1. The van der Waals surface area contributed by atoms with Gasteiger partial charge in [-0.3, -0.25) is 13.9 Å². The molecule has 0 aliphatic rings. The Labute approximate surface area is 128 Å². The van der Waals surface area contributed by atoms with Gasteiger partial charge in [-0.05, 0) is 32.0 Å². The first kappa shape index (κ1) is 14.2. The van der Waals surface area contributed by atoms with Crippen LogP contribution in [0.1, 0.15) is 17.2 Å². The summed E-state index contributed by atoms with van der Waals surface area (Å²) in [6.07, 6.45) is 2.55. The molecule has 0 saturated carbocycles. The van der Waals surface area contributed by atoms with E-state index < -0.39 is 0 Å². The van der Waals surface area contributed by atoms with Crippen LogP contribution in [0.5, 0.6) is 0 Å². The minimum Gasteiger partial charge on any atom is -0.354 e. The van der Waals surface area contributed by atoms with Crippen LogP contribution >= 0.6 is 0 Å². The van der Waals surface area contributed by atoms with E-state index in [1.807, 2.05) is 48.7 Å². The minimum absolute atomic E-state index is 0.0555. The normalized spacial score (nSPS) is 11.0. The molecule has 0 aliphatic heterocycles. The molecular weight excluding hydrogens is 280 g/mol. The van der Waals surface area contributed by atoms with Crippen molar-refractivity contribution >= 4 is 11.6 Å². The van der Waals surface area contributed by atoms with Gasteiger partial charge in [0, 0.05) is 24.9 Å². The molecule has 0 aliphatic carbocycles. The number of hydrogen-bond donors (Lipinski definition) is 1. The summed E-state index contributed by atoms with van der Waals surface area (Å²) in [4.78, 5) is 12.0. The molecule has 3 aromatic heterocycles. The topological polar surface area (TPSA) is 77.1 Å². The van der Waals surface area contributed by atoms with Gasteiger partial charge < -0.3 is 5.32 Å². The lowest BCUT2D eigenvalue weighted by atomic mass is 10.3. The first-order valence-electron chi connectivity index (χ1n) is 7.20. The molecule has 0 fully saturated rings. The molecule has 7 heteroatoms. The number of fused-ring (bicyclic) bond motifs is 1. The highest BCUT2D eigenvalue weighted by atomic mass is 16.2. The van der Waals surface area contributed by atoms with Crippen molar-refractivity contribution in [1.29, 1.82) is 0 Å². The highest BCUT2D eigenvalue weighted by molar-refractivity contribution is 5.75. The lowest BCUT2D eigenvalue weighted by molar-refractivity contribution is -0.121. The second kappa shape index (κ2) is 5.97. The number of aryl methyl sites for hydroxylation is 2. The number of hydrogen-bond acceptors (Lipinski definition) is 4. The first-order chi connectivity index (χ1) is 10.6. The van der Waals surface area contributed by atoms with Crippen LogP contribution in [0.3, 0.4) is 0 Å². The molecule has 114 valence electrons. The summed E-state index contributed by atoms with van der Waals surface area (Å²) in [5.41, 5.74) is 2.71. The predicted molar refractivity (Wildman–Crippen MR) is 81.4 cm³/mol. The van der Waals surface area contributed by atoms with Crippen LogP contribution in [0.25, 0.3) is 5.65 Å². The van der Waals surface area contributed by atoms with Crippen molar-refractivity contribution in [1.82, 2.24) is 29.7 Å². The Bertz CT molecular complexity index is 803. The van der Waals surface area contributed by atoms with Crippen LogP contribution in [0.2, 0.25) is 0 Å². The van der Waals surface area contributed by atoms with E-state index in [9.17, 15) is 4.79 Å². The van der Waals surface area contributed by atoms with Crippen LogP contribution in [0.4, 0.5) is 0 Å². The fourth-order valence-corrected chi connectivity index (χ4v) is 2.40. The maximum Gasteiger partial charge on any atom is 0.241 e. The van der Waals surface area contributed by atoms with E-state index >= 15 is 0 Å². The van der Waals surface area contributed by atoms with Gasteiger partial charge in [0.1, 0.15) is 12.4 Å². The largest absolute Gasteiger partial charge is 0.354 e. The molecule has 0 aromatic carbocycles. The van der Waals surface area contributed by atoms with Crippen molar-refractivity contribution in [3.05, 3.63) is 47.7 Å². The molecule has 0 atom stereocenters.